The lowest BCUT2D eigenvalue weighted by molar-refractivity contribution is 0.102. The summed E-state index contributed by atoms with van der Waals surface area (Å²) in [4.78, 5) is 32.8. The van der Waals surface area contributed by atoms with Crippen molar-refractivity contribution in [2.45, 2.75) is 32.0 Å². The standard InChI is InChI=1S/C18H18ClN3O2S/c1-10(2)22-17(24)16-14(8-11(3)20-16)21-18(22)25-9-15(23)12-4-6-13(19)7-5-12/h4-8,10,20H,9H2,1-3H3. The van der Waals surface area contributed by atoms with Crippen molar-refractivity contribution in [3.63, 3.8) is 0 Å². The summed E-state index contributed by atoms with van der Waals surface area (Å²) in [5, 5.41) is 1.14. The lowest BCUT2D eigenvalue weighted by atomic mass is 10.1. The smallest absolute Gasteiger partial charge is 0.278 e. The highest BCUT2D eigenvalue weighted by Crippen LogP contribution is 2.22. The Balaban J connectivity index is 1.92. The van der Waals surface area contributed by atoms with E-state index in [1.54, 1.807) is 28.8 Å². The number of rotatable bonds is 5. The van der Waals surface area contributed by atoms with Crippen molar-refractivity contribution in [1.29, 1.82) is 0 Å². The second kappa shape index (κ2) is 7.06. The summed E-state index contributed by atoms with van der Waals surface area (Å²) in [6.45, 7) is 5.74. The Morgan fingerprint density at radius 2 is 2.00 bits per heavy atom. The summed E-state index contributed by atoms with van der Waals surface area (Å²) < 4.78 is 1.62. The summed E-state index contributed by atoms with van der Waals surface area (Å²) in [5.41, 5.74) is 2.48. The van der Waals surface area contributed by atoms with Crippen LogP contribution < -0.4 is 5.56 Å². The molecule has 0 amide bonds. The summed E-state index contributed by atoms with van der Waals surface area (Å²) >= 11 is 7.13. The lowest BCUT2D eigenvalue weighted by Crippen LogP contribution is -2.25. The number of aromatic nitrogens is 3. The van der Waals surface area contributed by atoms with Gasteiger partial charge in [-0.2, -0.15) is 0 Å². The first-order valence-electron chi connectivity index (χ1n) is 7.90. The minimum absolute atomic E-state index is 0.0310. The quantitative estimate of drug-likeness (QED) is 0.411. The van der Waals surface area contributed by atoms with Crippen LogP contribution in [0.5, 0.6) is 0 Å². The van der Waals surface area contributed by atoms with Crippen molar-refractivity contribution >= 4 is 40.2 Å². The average molecular weight is 376 g/mol. The van der Waals surface area contributed by atoms with Crippen molar-refractivity contribution in [2.75, 3.05) is 5.75 Å². The van der Waals surface area contributed by atoms with Gasteiger partial charge in [-0.05, 0) is 51.1 Å². The molecule has 3 aromatic rings. The fourth-order valence-corrected chi connectivity index (χ4v) is 3.74. The first kappa shape index (κ1) is 17.8. The largest absolute Gasteiger partial charge is 0.353 e. The minimum Gasteiger partial charge on any atom is -0.353 e. The van der Waals surface area contributed by atoms with Crippen LogP contribution in [0.25, 0.3) is 11.0 Å². The van der Waals surface area contributed by atoms with E-state index < -0.39 is 0 Å². The molecule has 25 heavy (non-hydrogen) atoms. The molecule has 130 valence electrons. The Morgan fingerprint density at radius 1 is 1.32 bits per heavy atom. The number of carbonyl (C=O) groups is 1. The highest BCUT2D eigenvalue weighted by atomic mass is 35.5. The number of halogens is 1. The zero-order valence-electron chi connectivity index (χ0n) is 14.2. The fraction of sp³-hybridized carbons (Fsp3) is 0.278. The van der Waals surface area contributed by atoms with Crippen molar-refractivity contribution in [2.24, 2.45) is 0 Å². The molecule has 2 heterocycles. The summed E-state index contributed by atoms with van der Waals surface area (Å²) in [6, 6.07) is 8.57. The fourth-order valence-electron chi connectivity index (χ4n) is 2.60. The monoisotopic (exact) mass is 375 g/mol. The van der Waals surface area contributed by atoms with Crippen molar-refractivity contribution in [1.82, 2.24) is 14.5 Å². The molecule has 0 spiro atoms. The topological polar surface area (TPSA) is 67.8 Å². The number of hydrogen-bond donors (Lipinski definition) is 1. The molecule has 1 N–H and O–H groups in total. The zero-order valence-corrected chi connectivity index (χ0v) is 15.7. The molecule has 1 aromatic carbocycles. The van der Waals surface area contributed by atoms with Gasteiger partial charge in [-0.3, -0.25) is 14.2 Å². The van der Waals surface area contributed by atoms with Gasteiger partial charge in [-0.15, -0.1) is 0 Å². The second-order valence-corrected chi connectivity index (χ2v) is 7.47. The Bertz CT molecular complexity index is 990. The number of fused-ring (bicyclic) bond motifs is 1. The Morgan fingerprint density at radius 3 is 2.64 bits per heavy atom. The summed E-state index contributed by atoms with van der Waals surface area (Å²) in [6.07, 6.45) is 0. The van der Waals surface area contributed by atoms with Crippen LogP contribution >= 0.6 is 23.4 Å². The minimum atomic E-state index is -0.116. The van der Waals surface area contributed by atoms with E-state index in [-0.39, 0.29) is 23.1 Å². The zero-order chi connectivity index (χ0) is 18.1. The van der Waals surface area contributed by atoms with Crippen LogP contribution in [-0.4, -0.2) is 26.1 Å². The lowest BCUT2D eigenvalue weighted by Gasteiger charge is -2.14. The van der Waals surface area contributed by atoms with E-state index in [1.807, 2.05) is 26.8 Å². The molecule has 0 saturated heterocycles. The van der Waals surface area contributed by atoms with Gasteiger partial charge in [0.1, 0.15) is 5.52 Å². The highest BCUT2D eigenvalue weighted by molar-refractivity contribution is 7.99. The molecular weight excluding hydrogens is 358 g/mol. The molecule has 3 rings (SSSR count). The summed E-state index contributed by atoms with van der Waals surface area (Å²) in [7, 11) is 0. The molecule has 0 aliphatic carbocycles. The predicted octanol–water partition coefficient (Wildman–Crippen LogP) is 4.24. The molecule has 0 unspecified atom stereocenters. The van der Waals surface area contributed by atoms with Crippen LogP contribution in [0.1, 0.15) is 35.9 Å². The third kappa shape index (κ3) is 3.65. The number of aromatic amines is 1. The van der Waals surface area contributed by atoms with E-state index in [0.29, 0.717) is 26.8 Å². The molecule has 0 atom stereocenters. The molecule has 0 fully saturated rings. The second-order valence-electron chi connectivity index (χ2n) is 6.09. The van der Waals surface area contributed by atoms with Crippen LogP contribution in [0.15, 0.2) is 40.3 Å². The van der Waals surface area contributed by atoms with Gasteiger partial charge in [-0.1, -0.05) is 23.4 Å². The van der Waals surface area contributed by atoms with E-state index >= 15 is 0 Å². The number of thioether (sulfide) groups is 1. The third-order valence-electron chi connectivity index (χ3n) is 3.80. The first-order valence-corrected chi connectivity index (χ1v) is 9.26. The van der Waals surface area contributed by atoms with Crippen molar-refractivity contribution in [3.8, 4) is 0 Å². The van der Waals surface area contributed by atoms with E-state index in [9.17, 15) is 9.59 Å². The molecule has 2 aromatic heterocycles. The number of benzene rings is 1. The maximum Gasteiger partial charge on any atom is 0.278 e. The van der Waals surface area contributed by atoms with Gasteiger partial charge >= 0.3 is 0 Å². The van der Waals surface area contributed by atoms with Gasteiger partial charge in [0.25, 0.3) is 5.56 Å². The predicted molar refractivity (Wildman–Crippen MR) is 102 cm³/mol. The maximum absolute atomic E-state index is 12.7. The first-order chi connectivity index (χ1) is 11.9. The van der Waals surface area contributed by atoms with Gasteiger partial charge < -0.3 is 4.98 Å². The average Bonchev–Trinajstić information content (AvgIpc) is 2.93. The molecule has 5 nitrogen and oxygen atoms in total. The Hall–Kier alpha value is -2.05. The molecule has 0 bridgehead atoms. The Kier molecular flexibility index (Phi) is 5.01. The molecule has 0 aliphatic rings. The van der Waals surface area contributed by atoms with Crippen molar-refractivity contribution < 1.29 is 4.79 Å². The van der Waals surface area contributed by atoms with E-state index in [2.05, 4.69) is 9.97 Å². The third-order valence-corrected chi connectivity index (χ3v) is 5.01. The van der Waals surface area contributed by atoms with Gasteiger partial charge in [0.2, 0.25) is 0 Å². The number of hydrogen-bond acceptors (Lipinski definition) is 4. The number of H-pyrrole nitrogens is 1. The van der Waals surface area contributed by atoms with Crippen LogP contribution in [-0.2, 0) is 0 Å². The van der Waals surface area contributed by atoms with E-state index in [0.717, 1.165) is 5.69 Å². The number of nitrogens with one attached hydrogen (secondary N) is 1. The maximum atomic E-state index is 12.7. The van der Waals surface area contributed by atoms with Crippen molar-refractivity contribution in [3.05, 3.63) is 57.0 Å². The number of ketones is 1. The van der Waals surface area contributed by atoms with Gasteiger partial charge in [-0.25, -0.2) is 4.98 Å². The molecule has 7 heteroatoms. The molecule has 0 radical (unpaired) electrons. The highest BCUT2D eigenvalue weighted by Gasteiger charge is 2.17. The van der Waals surface area contributed by atoms with Gasteiger partial charge in [0, 0.05) is 22.3 Å². The normalized spacial score (nSPS) is 11.4. The van der Waals surface area contributed by atoms with Gasteiger partial charge in [0.15, 0.2) is 10.9 Å². The van der Waals surface area contributed by atoms with Crippen LogP contribution in [0.2, 0.25) is 5.02 Å². The SMILES string of the molecule is Cc1cc2nc(SCC(=O)c3ccc(Cl)cc3)n(C(C)C)c(=O)c2[nH]1. The molecule has 0 aliphatic heterocycles. The number of Topliss-reactive ketones (excluding diaryl/α,β-unsaturated/α-hetero) is 1. The molecular formula is C18H18ClN3O2S. The number of carbonyl (C=O) groups excluding carboxylic acids is 1. The number of aryl methyl sites for hydroxylation is 1. The van der Waals surface area contributed by atoms with Crippen LogP contribution in [0, 0.1) is 6.92 Å². The number of nitrogens with zero attached hydrogens (tertiary/aromatic N) is 2. The summed E-state index contributed by atoms with van der Waals surface area (Å²) in [5.74, 6) is 0.173. The van der Waals surface area contributed by atoms with Crippen LogP contribution in [0.4, 0.5) is 0 Å². The molecule has 0 saturated carbocycles. The van der Waals surface area contributed by atoms with E-state index in [1.165, 1.54) is 11.8 Å². The van der Waals surface area contributed by atoms with Gasteiger partial charge in [0.05, 0.1) is 11.3 Å². The van der Waals surface area contributed by atoms with E-state index in [4.69, 9.17) is 11.6 Å². The van der Waals surface area contributed by atoms with Crippen LogP contribution in [0.3, 0.4) is 0 Å². The Labute approximate surface area is 154 Å².